The van der Waals surface area contributed by atoms with E-state index in [0.717, 1.165) is 16.8 Å². The molecule has 0 atom stereocenters. The van der Waals surface area contributed by atoms with Gasteiger partial charge in [0.1, 0.15) is 6.07 Å². The number of carbonyl (C=O) groups excluding carboxylic acids is 1. The maximum Gasteiger partial charge on any atom is 0.223 e. The molecule has 1 N–H and O–H groups in total. The van der Waals surface area contributed by atoms with Gasteiger partial charge in [-0.2, -0.15) is 10.4 Å². The van der Waals surface area contributed by atoms with Gasteiger partial charge in [0.05, 0.1) is 5.69 Å². The average Bonchev–Trinajstić information content (AvgIpc) is 2.50. The van der Waals surface area contributed by atoms with Gasteiger partial charge < -0.3 is 0 Å². The fraction of sp³-hybridized carbons (Fsp3) is 0.118. The van der Waals surface area contributed by atoms with Crippen LogP contribution in [-0.4, -0.2) is 11.5 Å². The summed E-state index contributed by atoms with van der Waals surface area (Å²) in [7, 11) is 0. The minimum absolute atomic E-state index is 0.165. The van der Waals surface area contributed by atoms with E-state index in [2.05, 4.69) is 10.5 Å². The number of aryl methyl sites for hydroxylation is 2. The quantitative estimate of drug-likeness (QED) is 0.528. The van der Waals surface area contributed by atoms with Crippen molar-refractivity contribution in [2.75, 3.05) is 5.43 Å². The SMILES string of the molecule is Cc1ccc(C(=O)/C(C#N)=N/Nc2ccccc2C)cc1. The highest BCUT2D eigenvalue weighted by Gasteiger charge is 2.13. The monoisotopic (exact) mass is 277 g/mol. The van der Waals surface area contributed by atoms with Crippen molar-refractivity contribution in [2.45, 2.75) is 13.8 Å². The molecule has 4 heteroatoms. The van der Waals surface area contributed by atoms with Gasteiger partial charge in [0.15, 0.2) is 0 Å². The molecule has 4 nitrogen and oxygen atoms in total. The first-order chi connectivity index (χ1) is 10.1. The number of hydrogen-bond acceptors (Lipinski definition) is 4. The second-order valence-corrected chi connectivity index (χ2v) is 4.69. The van der Waals surface area contributed by atoms with E-state index in [-0.39, 0.29) is 5.71 Å². The topological polar surface area (TPSA) is 65.2 Å². The summed E-state index contributed by atoms with van der Waals surface area (Å²) in [6.07, 6.45) is 0. The molecule has 0 amide bonds. The molecule has 2 rings (SSSR count). The van der Waals surface area contributed by atoms with Crippen LogP contribution in [0.25, 0.3) is 0 Å². The lowest BCUT2D eigenvalue weighted by Crippen LogP contribution is -2.14. The van der Waals surface area contributed by atoms with E-state index in [1.165, 1.54) is 0 Å². The van der Waals surface area contributed by atoms with Gasteiger partial charge in [-0.3, -0.25) is 10.2 Å². The van der Waals surface area contributed by atoms with Crippen molar-refractivity contribution < 1.29 is 4.79 Å². The highest BCUT2D eigenvalue weighted by atomic mass is 16.1. The van der Waals surface area contributed by atoms with Crippen molar-refractivity contribution >= 4 is 17.2 Å². The lowest BCUT2D eigenvalue weighted by Gasteiger charge is -2.04. The van der Waals surface area contributed by atoms with Crippen molar-refractivity contribution in [2.24, 2.45) is 5.10 Å². The number of nitrogens with zero attached hydrogens (tertiary/aromatic N) is 2. The Bertz CT molecular complexity index is 724. The lowest BCUT2D eigenvalue weighted by atomic mass is 10.1. The number of rotatable bonds is 4. The third-order valence-electron chi connectivity index (χ3n) is 3.07. The number of ketones is 1. The molecule has 21 heavy (non-hydrogen) atoms. The van der Waals surface area contributed by atoms with Gasteiger partial charge in [-0.15, -0.1) is 0 Å². The molecule has 0 unspecified atom stereocenters. The van der Waals surface area contributed by atoms with E-state index in [4.69, 9.17) is 5.26 Å². The van der Waals surface area contributed by atoms with Crippen LogP contribution < -0.4 is 5.43 Å². The van der Waals surface area contributed by atoms with Gasteiger partial charge in [0, 0.05) is 5.56 Å². The Balaban J connectivity index is 2.21. The predicted octanol–water partition coefficient (Wildman–Crippen LogP) is 3.48. The first-order valence-corrected chi connectivity index (χ1v) is 6.52. The molecule has 2 aromatic carbocycles. The number of carbonyl (C=O) groups is 1. The van der Waals surface area contributed by atoms with E-state index in [1.807, 2.05) is 56.3 Å². The summed E-state index contributed by atoms with van der Waals surface area (Å²) in [6, 6.07) is 16.4. The summed E-state index contributed by atoms with van der Waals surface area (Å²) in [5.41, 5.74) is 5.87. The Morgan fingerprint density at radius 1 is 1.10 bits per heavy atom. The first-order valence-electron chi connectivity index (χ1n) is 6.52. The van der Waals surface area contributed by atoms with Gasteiger partial charge in [-0.05, 0) is 25.5 Å². The highest BCUT2D eigenvalue weighted by Crippen LogP contribution is 2.13. The van der Waals surface area contributed by atoms with Crippen LogP contribution in [0.3, 0.4) is 0 Å². The molecule has 0 radical (unpaired) electrons. The van der Waals surface area contributed by atoms with E-state index >= 15 is 0 Å². The van der Waals surface area contributed by atoms with Gasteiger partial charge in [0.25, 0.3) is 0 Å². The van der Waals surface area contributed by atoms with E-state index < -0.39 is 5.78 Å². The maximum absolute atomic E-state index is 12.2. The minimum Gasteiger partial charge on any atom is -0.286 e. The Labute approximate surface area is 123 Å². The Morgan fingerprint density at radius 3 is 2.38 bits per heavy atom. The lowest BCUT2D eigenvalue weighted by molar-refractivity contribution is 0.106. The van der Waals surface area contributed by atoms with Crippen LogP contribution in [0.5, 0.6) is 0 Å². The summed E-state index contributed by atoms with van der Waals surface area (Å²) in [5, 5.41) is 13.0. The number of hydrogen-bond donors (Lipinski definition) is 1. The largest absolute Gasteiger partial charge is 0.286 e. The first kappa shape index (κ1) is 14.5. The van der Waals surface area contributed by atoms with Crippen molar-refractivity contribution in [1.29, 1.82) is 5.26 Å². The molecule has 104 valence electrons. The minimum atomic E-state index is -0.390. The van der Waals surface area contributed by atoms with Gasteiger partial charge in [-0.1, -0.05) is 48.0 Å². The van der Waals surface area contributed by atoms with Crippen LogP contribution in [0.15, 0.2) is 53.6 Å². The number of para-hydroxylation sites is 1. The molecule has 0 aliphatic heterocycles. The second-order valence-electron chi connectivity index (χ2n) is 4.69. The number of nitrogens with one attached hydrogen (secondary N) is 1. The maximum atomic E-state index is 12.2. The molecule has 0 aromatic heterocycles. The van der Waals surface area contributed by atoms with Crippen molar-refractivity contribution in [3.63, 3.8) is 0 Å². The summed E-state index contributed by atoms with van der Waals surface area (Å²) in [6.45, 7) is 3.86. The number of nitriles is 1. The fourth-order valence-corrected chi connectivity index (χ4v) is 1.78. The van der Waals surface area contributed by atoms with Crippen LogP contribution in [0.2, 0.25) is 0 Å². The molecule has 0 aliphatic carbocycles. The average molecular weight is 277 g/mol. The molecule has 0 bridgehead atoms. The van der Waals surface area contributed by atoms with Crippen molar-refractivity contribution in [1.82, 2.24) is 0 Å². The fourth-order valence-electron chi connectivity index (χ4n) is 1.78. The zero-order valence-electron chi connectivity index (χ0n) is 11.9. The molecule has 0 saturated carbocycles. The zero-order chi connectivity index (χ0) is 15.2. The molecule has 0 fully saturated rings. The zero-order valence-corrected chi connectivity index (χ0v) is 11.9. The molecule has 0 aliphatic rings. The van der Waals surface area contributed by atoms with Gasteiger partial charge in [-0.25, -0.2) is 0 Å². The van der Waals surface area contributed by atoms with E-state index in [0.29, 0.717) is 5.56 Å². The van der Waals surface area contributed by atoms with Crippen LogP contribution in [-0.2, 0) is 0 Å². The van der Waals surface area contributed by atoms with Crippen molar-refractivity contribution in [3.8, 4) is 6.07 Å². The normalized spacial score (nSPS) is 10.8. The third kappa shape index (κ3) is 3.54. The Kier molecular flexibility index (Phi) is 4.47. The van der Waals surface area contributed by atoms with Gasteiger partial charge >= 0.3 is 0 Å². The van der Waals surface area contributed by atoms with E-state index in [9.17, 15) is 4.79 Å². The molecule has 0 heterocycles. The van der Waals surface area contributed by atoms with Crippen LogP contribution >= 0.6 is 0 Å². The Hall–Kier alpha value is -2.93. The molecule has 2 aromatic rings. The van der Waals surface area contributed by atoms with Crippen LogP contribution in [0.4, 0.5) is 5.69 Å². The molecular formula is C17H15N3O. The van der Waals surface area contributed by atoms with Gasteiger partial charge in [0.2, 0.25) is 11.5 Å². The second kappa shape index (κ2) is 6.49. The summed E-state index contributed by atoms with van der Waals surface area (Å²) < 4.78 is 0. The summed E-state index contributed by atoms with van der Waals surface area (Å²) >= 11 is 0. The third-order valence-corrected chi connectivity index (χ3v) is 3.07. The molecule has 0 saturated heterocycles. The predicted molar refractivity (Wildman–Crippen MR) is 83.4 cm³/mol. The van der Waals surface area contributed by atoms with Crippen LogP contribution in [0.1, 0.15) is 21.5 Å². The summed E-state index contributed by atoms with van der Waals surface area (Å²) in [4.78, 5) is 12.2. The number of benzene rings is 2. The van der Waals surface area contributed by atoms with E-state index in [1.54, 1.807) is 12.1 Å². The Morgan fingerprint density at radius 2 is 1.76 bits per heavy atom. The summed E-state index contributed by atoms with van der Waals surface area (Å²) in [5.74, 6) is -0.390. The highest BCUT2D eigenvalue weighted by molar-refractivity contribution is 6.51. The number of hydrazone groups is 1. The smallest absolute Gasteiger partial charge is 0.223 e. The number of Topliss-reactive ketones (excluding diaryl/α,β-unsaturated/α-hetero) is 1. The van der Waals surface area contributed by atoms with Crippen molar-refractivity contribution in [3.05, 3.63) is 65.2 Å². The molecule has 0 spiro atoms. The van der Waals surface area contributed by atoms with Crippen LogP contribution in [0, 0.1) is 25.2 Å². The standard InChI is InChI=1S/C17H15N3O/c1-12-7-9-14(10-8-12)17(21)16(11-18)20-19-15-6-4-3-5-13(15)2/h3-10,19H,1-2H3/b20-16+. The number of anilines is 1. The molecular weight excluding hydrogens is 262 g/mol.